The second-order valence-electron chi connectivity index (χ2n) is 15.6. The van der Waals surface area contributed by atoms with Crippen LogP contribution in [-0.4, -0.2) is 75.5 Å². The van der Waals surface area contributed by atoms with Crippen LogP contribution in [0.15, 0.2) is 48.0 Å². The average molecular weight is 747 g/mol. The maximum Gasteiger partial charge on any atom is 0.259 e. The minimum atomic E-state index is -3.95. The third-order valence-corrected chi connectivity index (χ3v) is 14.9. The molecule has 0 radical (unpaired) electrons. The number of thiazole rings is 1. The highest BCUT2D eigenvalue weighted by Crippen LogP contribution is 2.47. The molecule has 2 aromatic heterocycles. The maximum atomic E-state index is 14.7. The fraction of sp³-hybridized carbons (Fsp3) is 0.553. The molecule has 3 aromatic rings. The Balaban J connectivity index is 1.15. The highest BCUT2D eigenvalue weighted by Gasteiger charge is 2.59. The van der Waals surface area contributed by atoms with Crippen molar-refractivity contribution in [3.8, 4) is 5.75 Å². The summed E-state index contributed by atoms with van der Waals surface area (Å²) in [7, 11) is -3.95. The fourth-order valence-electron chi connectivity index (χ4n) is 8.46. The number of sulfonamides is 1. The highest BCUT2D eigenvalue weighted by atomic mass is 32.2. The van der Waals surface area contributed by atoms with Crippen molar-refractivity contribution in [2.75, 3.05) is 11.9 Å². The molecule has 0 unspecified atom stereocenters. The second kappa shape index (κ2) is 13.1. The number of fused-ring (bicyclic) bond motifs is 5. The van der Waals surface area contributed by atoms with E-state index in [4.69, 9.17) is 9.72 Å². The number of allylic oxidation sites excluding steroid dienone is 1. The van der Waals surface area contributed by atoms with E-state index in [9.17, 15) is 22.8 Å². The third-order valence-electron chi connectivity index (χ3n) is 12.1. The lowest BCUT2D eigenvalue weighted by molar-refractivity contribution is -0.144. The second-order valence-corrected chi connectivity index (χ2v) is 18.7. The Hall–Kier alpha value is -4.04. The molecule has 3 N–H and O–H groups in total. The van der Waals surface area contributed by atoms with Gasteiger partial charge in [-0.1, -0.05) is 43.2 Å². The lowest BCUT2D eigenvalue weighted by atomic mass is 9.65. The van der Waals surface area contributed by atoms with E-state index in [-0.39, 0.29) is 31.2 Å². The number of amides is 3. The monoisotopic (exact) mass is 746 g/mol. The van der Waals surface area contributed by atoms with Crippen LogP contribution in [0.3, 0.4) is 0 Å². The van der Waals surface area contributed by atoms with Crippen LogP contribution in [0.4, 0.5) is 5.13 Å². The molecule has 5 atom stereocenters. The van der Waals surface area contributed by atoms with E-state index in [1.165, 1.54) is 11.3 Å². The molecule has 2 aliphatic carbocycles. The minimum absolute atomic E-state index is 0.181. The molecule has 1 spiro atoms. The van der Waals surface area contributed by atoms with Gasteiger partial charge >= 0.3 is 0 Å². The van der Waals surface area contributed by atoms with Gasteiger partial charge in [0.15, 0.2) is 5.13 Å². The molecule has 3 aliphatic heterocycles. The van der Waals surface area contributed by atoms with Crippen molar-refractivity contribution in [3.63, 3.8) is 0 Å². The van der Waals surface area contributed by atoms with Crippen molar-refractivity contribution in [2.24, 2.45) is 5.92 Å². The van der Waals surface area contributed by atoms with Gasteiger partial charge in [-0.25, -0.2) is 18.4 Å². The number of hydrogen-bond donors (Lipinski definition) is 3. The van der Waals surface area contributed by atoms with E-state index < -0.39 is 49.8 Å². The summed E-state index contributed by atoms with van der Waals surface area (Å²) in [5.74, 6) is -1.13. The first-order valence-electron chi connectivity index (χ1n) is 18.5. The summed E-state index contributed by atoms with van der Waals surface area (Å²) in [5, 5.41) is 9.92. The molecular weight excluding hydrogens is 701 g/mol. The minimum Gasteiger partial charge on any atom is -0.483 e. The number of aromatic nitrogens is 2. The zero-order chi connectivity index (χ0) is 36.3. The number of aryl methyl sites for hydroxylation is 2. The molecule has 5 heterocycles. The van der Waals surface area contributed by atoms with Crippen LogP contribution >= 0.6 is 11.3 Å². The Kier molecular flexibility index (Phi) is 8.83. The molecule has 5 aliphatic rings. The normalized spacial score (nSPS) is 30.7. The number of nitrogens with zero attached hydrogens (tertiary/aromatic N) is 3. The largest absolute Gasteiger partial charge is 0.483 e. The van der Waals surface area contributed by atoms with Gasteiger partial charge in [0.1, 0.15) is 29.0 Å². The number of pyridine rings is 1. The van der Waals surface area contributed by atoms with Crippen LogP contribution in [-0.2, 0) is 30.8 Å². The third kappa shape index (κ3) is 6.14. The summed E-state index contributed by atoms with van der Waals surface area (Å²) in [4.78, 5) is 54.4. The van der Waals surface area contributed by atoms with E-state index in [1.54, 1.807) is 18.0 Å². The number of benzene rings is 1. The van der Waals surface area contributed by atoms with Gasteiger partial charge < -0.3 is 20.3 Å². The number of carbonyl (C=O) groups excluding carboxylic acids is 3. The molecule has 52 heavy (non-hydrogen) atoms. The first-order chi connectivity index (χ1) is 24.9. The van der Waals surface area contributed by atoms with Crippen molar-refractivity contribution < 1.29 is 27.5 Å². The Morgan fingerprint density at radius 1 is 1.10 bits per heavy atom. The quantitative estimate of drug-likeness (QED) is 0.308. The Morgan fingerprint density at radius 3 is 2.67 bits per heavy atom. The topological polar surface area (TPSA) is 160 Å². The number of carbonyl (C=O) groups is 3. The van der Waals surface area contributed by atoms with E-state index in [0.717, 1.165) is 47.8 Å². The standard InChI is InChI=1S/C38H46N6O6S2/c1-24-31-27(26-11-8-9-12-28(26)40-24)15-16-37(50-31)22-30-32(45)42-38(34(47)43-52(48,49)36(2)18-19-36)17-14-25(38)10-6-4-3-5-7-13-29(33(46)44(30)23-37)41-35-39-20-21-51-35/h6,8-12,20-21,25,29-30H,3-5,7,13-19,22-23H2,1-2H3,(H,39,41)(H,42,45)(H,43,47)/b10-6-/t25-,29+,30+,37-,38-/m1/s1. The van der Waals surface area contributed by atoms with Gasteiger partial charge in [-0.2, -0.15) is 0 Å². The Morgan fingerprint density at radius 2 is 1.92 bits per heavy atom. The summed E-state index contributed by atoms with van der Waals surface area (Å²) < 4.78 is 34.8. The van der Waals surface area contributed by atoms with Gasteiger partial charge in [0.05, 0.1) is 22.5 Å². The predicted molar refractivity (Wildman–Crippen MR) is 198 cm³/mol. The number of anilines is 1. The molecule has 1 aromatic carbocycles. The number of rotatable bonds is 5. The van der Waals surface area contributed by atoms with Crippen LogP contribution in [0.25, 0.3) is 10.9 Å². The van der Waals surface area contributed by atoms with E-state index in [1.807, 2.05) is 48.7 Å². The summed E-state index contributed by atoms with van der Waals surface area (Å²) in [6, 6.07) is 6.40. The molecule has 1 saturated heterocycles. The molecule has 2 saturated carbocycles. The Bertz CT molecular complexity index is 2050. The van der Waals surface area contributed by atoms with Crippen LogP contribution in [0.1, 0.15) is 88.8 Å². The molecule has 12 nitrogen and oxygen atoms in total. The summed E-state index contributed by atoms with van der Waals surface area (Å²) in [6.07, 6.45) is 13.0. The van der Waals surface area contributed by atoms with E-state index in [0.29, 0.717) is 49.4 Å². The van der Waals surface area contributed by atoms with E-state index >= 15 is 0 Å². The van der Waals surface area contributed by atoms with Crippen molar-refractivity contribution in [3.05, 3.63) is 59.3 Å². The summed E-state index contributed by atoms with van der Waals surface area (Å²) in [5.41, 5.74) is 0.390. The van der Waals surface area contributed by atoms with Gasteiger partial charge in [-0.15, -0.1) is 11.3 Å². The van der Waals surface area contributed by atoms with Gasteiger partial charge in [0.25, 0.3) is 5.91 Å². The van der Waals surface area contributed by atoms with Crippen LogP contribution in [0.5, 0.6) is 5.75 Å². The van der Waals surface area contributed by atoms with Gasteiger partial charge in [-0.05, 0) is 77.7 Å². The SMILES string of the molecule is Cc1nc2ccccc2c2c1O[C@]1(CC2)C[C@H]2C(=O)N[C@]3(C(=O)NS(=O)(=O)C4(C)CC4)CC[C@H]3/C=C\CCCCC[C@H](Nc3nccs3)C(=O)N2C1. The maximum absolute atomic E-state index is 14.7. The van der Waals surface area contributed by atoms with Gasteiger partial charge in [0.2, 0.25) is 21.8 Å². The number of nitrogens with one attached hydrogen (secondary N) is 3. The average Bonchev–Trinajstić information content (AvgIpc) is 3.50. The van der Waals surface area contributed by atoms with Gasteiger partial charge in [-0.3, -0.25) is 19.1 Å². The van der Waals surface area contributed by atoms with Crippen molar-refractivity contribution >= 4 is 55.1 Å². The zero-order valence-electron chi connectivity index (χ0n) is 29.7. The molecule has 3 amide bonds. The van der Waals surface area contributed by atoms with Crippen molar-refractivity contribution in [1.29, 1.82) is 0 Å². The number of hydrogen-bond acceptors (Lipinski definition) is 10. The first kappa shape index (κ1) is 35.0. The molecule has 276 valence electrons. The predicted octanol–water partition coefficient (Wildman–Crippen LogP) is 4.93. The van der Waals surface area contributed by atoms with Crippen LogP contribution in [0, 0.1) is 12.8 Å². The first-order valence-corrected chi connectivity index (χ1v) is 20.9. The number of ether oxygens (including phenoxy) is 1. The Labute approximate surface area is 308 Å². The fourth-order valence-corrected chi connectivity index (χ4v) is 10.4. The smallest absolute Gasteiger partial charge is 0.259 e. The van der Waals surface area contributed by atoms with E-state index in [2.05, 4.69) is 20.3 Å². The molecule has 8 rings (SSSR count). The van der Waals surface area contributed by atoms with Gasteiger partial charge in [0, 0.05) is 34.9 Å². The van der Waals surface area contributed by atoms with Crippen molar-refractivity contribution in [1.82, 2.24) is 24.9 Å². The van der Waals surface area contributed by atoms with Crippen molar-refractivity contribution in [2.45, 2.75) is 119 Å². The lowest BCUT2D eigenvalue weighted by Gasteiger charge is -2.48. The summed E-state index contributed by atoms with van der Waals surface area (Å²) in [6.45, 7) is 3.74. The summed E-state index contributed by atoms with van der Waals surface area (Å²) >= 11 is 1.41. The highest BCUT2D eigenvalue weighted by molar-refractivity contribution is 7.91. The van der Waals surface area contributed by atoms with Crippen LogP contribution < -0.4 is 20.1 Å². The van der Waals surface area contributed by atoms with Crippen LogP contribution in [0.2, 0.25) is 0 Å². The molecule has 3 fully saturated rings. The molecule has 0 bridgehead atoms. The lowest BCUT2D eigenvalue weighted by Crippen LogP contribution is -2.70. The molecular formula is C38H46N6O6S2. The number of para-hydroxylation sites is 1. The molecule has 14 heteroatoms. The zero-order valence-corrected chi connectivity index (χ0v) is 31.3.